The fourth-order valence-corrected chi connectivity index (χ4v) is 0.825. The molecule has 0 aromatic carbocycles. The molecule has 1 rings (SSSR count). The molecule has 0 spiro atoms. The molecule has 0 aliphatic carbocycles. The first kappa shape index (κ1) is 6.73. The molecule has 0 saturated heterocycles. The van der Waals surface area contributed by atoms with Crippen LogP contribution < -0.4 is 0 Å². The number of hydrogen-bond acceptors (Lipinski definition) is 2. The molecule has 0 unspecified atom stereocenters. The lowest BCUT2D eigenvalue weighted by Gasteiger charge is -1.93. The summed E-state index contributed by atoms with van der Waals surface area (Å²) in [5.74, 6) is -1.01. The van der Waals surface area contributed by atoms with Gasteiger partial charge in [0, 0.05) is 6.20 Å². The fraction of sp³-hybridized carbons (Fsp3) is 0. The smallest absolute Gasteiger partial charge is 0.183 e. The van der Waals surface area contributed by atoms with Gasteiger partial charge in [-0.25, -0.2) is 9.37 Å². The molecule has 4 heteroatoms. The van der Waals surface area contributed by atoms with Crippen molar-refractivity contribution in [2.45, 2.75) is 0 Å². The molecule has 0 radical (unpaired) electrons. The van der Waals surface area contributed by atoms with E-state index >= 15 is 0 Å². The summed E-state index contributed by atoms with van der Waals surface area (Å²) >= 11 is 1.75. The van der Waals surface area contributed by atoms with Crippen molar-refractivity contribution < 1.29 is 9.50 Å². The maximum absolute atomic E-state index is 12.3. The monoisotopic (exact) mass is 239 g/mol. The summed E-state index contributed by atoms with van der Waals surface area (Å²) in [6.07, 6.45) is 1.30. The van der Waals surface area contributed by atoms with Gasteiger partial charge in [-0.1, -0.05) is 0 Å². The largest absolute Gasteiger partial charge is 0.503 e. The first-order valence-electron chi connectivity index (χ1n) is 2.21. The van der Waals surface area contributed by atoms with E-state index in [1.165, 1.54) is 6.20 Å². The van der Waals surface area contributed by atoms with Gasteiger partial charge in [0.05, 0.1) is 0 Å². The molecule has 0 atom stereocenters. The summed E-state index contributed by atoms with van der Waals surface area (Å²) in [7, 11) is 0. The predicted octanol–water partition coefficient (Wildman–Crippen LogP) is 1.53. The van der Waals surface area contributed by atoms with E-state index in [4.69, 9.17) is 5.11 Å². The highest BCUT2D eigenvalue weighted by atomic mass is 127. The van der Waals surface area contributed by atoms with Crippen LogP contribution in [0.3, 0.4) is 0 Å². The van der Waals surface area contributed by atoms with E-state index in [0.29, 0.717) is 0 Å². The second kappa shape index (κ2) is 2.47. The Morgan fingerprint density at radius 3 is 2.78 bits per heavy atom. The molecule has 0 aliphatic heterocycles. The highest BCUT2D eigenvalue weighted by Gasteiger charge is 2.02. The van der Waals surface area contributed by atoms with Crippen molar-refractivity contribution in [2.75, 3.05) is 0 Å². The molecule has 1 heterocycles. The average Bonchev–Trinajstić information content (AvgIpc) is 1.83. The predicted molar refractivity (Wildman–Crippen MR) is 38.6 cm³/mol. The van der Waals surface area contributed by atoms with Crippen LogP contribution in [-0.4, -0.2) is 10.1 Å². The molecule has 1 aromatic rings. The third-order valence-electron chi connectivity index (χ3n) is 0.830. The van der Waals surface area contributed by atoms with Gasteiger partial charge in [-0.05, 0) is 28.7 Å². The molecule has 2 nitrogen and oxygen atoms in total. The Morgan fingerprint density at radius 2 is 2.33 bits per heavy atom. The molecule has 9 heavy (non-hydrogen) atoms. The molecule has 0 aliphatic rings. The third kappa shape index (κ3) is 1.29. The van der Waals surface area contributed by atoms with Gasteiger partial charge in [0.1, 0.15) is 3.70 Å². The van der Waals surface area contributed by atoms with Crippen molar-refractivity contribution in [3.05, 3.63) is 21.8 Å². The highest BCUT2D eigenvalue weighted by Crippen LogP contribution is 2.18. The molecule has 0 fully saturated rings. The number of halogens is 2. The number of aromatic nitrogens is 1. The first-order valence-corrected chi connectivity index (χ1v) is 3.28. The number of nitrogens with zero attached hydrogens (tertiary/aromatic N) is 1. The molecule has 48 valence electrons. The lowest BCUT2D eigenvalue weighted by atomic mass is 10.4. The van der Waals surface area contributed by atoms with Gasteiger partial charge in [0.15, 0.2) is 11.6 Å². The zero-order chi connectivity index (χ0) is 6.85. The number of pyridine rings is 1. The van der Waals surface area contributed by atoms with Gasteiger partial charge in [-0.15, -0.1) is 0 Å². The van der Waals surface area contributed by atoms with Crippen LogP contribution in [0.4, 0.5) is 4.39 Å². The van der Waals surface area contributed by atoms with E-state index in [1.54, 1.807) is 22.6 Å². The van der Waals surface area contributed by atoms with Crippen molar-refractivity contribution in [1.82, 2.24) is 4.98 Å². The van der Waals surface area contributed by atoms with Crippen LogP contribution in [0.5, 0.6) is 5.75 Å². The third-order valence-corrected chi connectivity index (χ3v) is 1.62. The first-order chi connectivity index (χ1) is 4.22. The fourth-order valence-electron chi connectivity index (χ4n) is 0.407. The van der Waals surface area contributed by atoms with Gasteiger partial charge >= 0.3 is 0 Å². The van der Waals surface area contributed by atoms with Crippen molar-refractivity contribution >= 4 is 22.6 Å². The van der Waals surface area contributed by atoms with Gasteiger partial charge < -0.3 is 5.11 Å². The second-order valence-corrected chi connectivity index (χ2v) is 2.45. The maximum atomic E-state index is 12.3. The minimum Gasteiger partial charge on any atom is -0.503 e. The molecule has 0 saturated carbocycles. The maximum Gasteiger partial charge on any atom is 0.183 e. The van der Waals surface area contributed by atoms with Crippen LogP contribution >= 0.6 is 22.6 Å². The summed E-state index contributed by atoms with van der Waals surface area (Å²) in [5.41, 5.74) is 0. The number of rotatable bonds is 0. The molecule has 1 aromatic heterocycles. The topological polar surface area (TPSA) is 33.1 Å². The lowest BCUT2D eigenvalue weighted by molar-refractivity contribution is 0.425. The van der Waals surface area contributed by atoms with E-state index < -0.39 is 5.82 Å². The summed E-state index contributed by atoms with van der Waals surface area (Å²) in [6, 6.07) is 1.11. The minimum atomic E-state index is -0.630. The zero-order valence-electron chi connectivity index (χ0n) is 4.31. The Kier molecular flexibility index (Phi) is 1.84. The molecular formula is C5H3FINO. The quantitative estimate of drug-likeness (QED) is 0.550. The van der Waals surface area contributed by atoms with Crippen LogP contribution in [0.25, 0.3) is 0 Å². The van der Waals surface area contributed by atoms with Crippen molar-refractivity contribution in [3.8, 4) is 5.75 Å². The van der Waals surface area contributed by atoms with E-state index in [9.17, 15) is 4.39 Å². The van der Waals surface area contributed by atoms with Crippen LogP contribution in [0.15, 0.2) is 12.3 Å². The lowest BCUT2D eigenvalue weighted by Crippen LogP contribution is -1.83. The Morgan fingerprint density at radius 1 is 1.67 bits per heavy atom. The van der Waals surface area contributed by atoms with Crippen LogP contribution in [0, 0.1) is 9.52 Å². The summed E-state index contributed by atoms with van der Waals surface area (Å²) in [4.78, 5) is 3.64. The molecule has 1 N–H and O–H groups in total. The molecule has 0 amide bonds. The van der Waals surface area contributed by atoms with Crippen LogP contribution in [0.2, 0.25) is 0 Å². The Labute approximate surface area is 64.9 Å². The van der Waals surface area contributed by atoms with Crippen molar-refractivity contribution in [2.24, 2.45) is 0 Å². The number of hydrogen-bond donors (Lipinski definition) is 1. The van der Waals surface area contributed by atoms with Crippen LogP contribution in [0.1, 0.15) is 0 Å². The van der Waals surface area contributed by atoms with Crippen LogP contribution in [-0.2, 0) is 0 Å². The minimum absolute atomic E-state index is 0.285. The van der Waals surface area contributed by atoms with Gasteiger partial charge in [-0.3, -0.25) is 0 Å². The molecule has 0 bridgehead atoms. The summed E-state index contributed by atoms with van der Waals surface area (Å²) in [5, 5.41) is 8.76. The molecular weight excluding hydrogens is 236 g/mol. The van der Waals surface area contributed by atoms with E-state index in [2.05, 4.69) is 4.98 Å². The SMILES string of the molecule is Oc1c(F)ccnc1I. The van der Waals surface area contributed by atoms with E-state index in [0.717, 1.165) is 6.07 Å². The number of aromatic hydroxyl groups is 1. The zero-order valence-corrected chi connectivity index (χ0v) is 6.46. The van der Waals surface area contributed by atoms with Gasteiger partial charge in [0.25, 0.3) is 0 Å². The average molecular weight is 239 g/mol. The van der Waals surface area contributed by atoms with E-state index in [-0.39, 0.29) is 9.45 Å². The van der Waals surface area contributed by atoms with Gasteiger partial charge in [0.2, 0.25) is 0 Å². The second-order valence-electron chi connectivity index (χ2n) is 1.43. The summed E-state index contributed by atoms with van der Waals surface area (Å²) in [6.45, 7) is 0. The van der Waals surface area contributed by atoms with E-state index in [1.807, 2.05) is 0 Å². The Bertz CT molecular complexity index is 208. The highest BCUT2D eigenvalue weighted by molar-refractivity contribution is 14.1. The van der Waals surface area contributed by atoms with Gasteiger partial charge in [-0.2, -0.15) is 0 Å². The van der Waals surface area contributed by atoms with Crippen molar-refractivity contribution in [3.63, 3.8) is 0 Å². The van der Waals surface area contributed by atoms with Crippen molar-refractivity contribution in [1.29, 1.82) is 0 Å². The Hall–Kier alpha value is -0.390. The Balaban J connectivity index is 3.25. The summed E-state index contributed by atoms with van der Waals surface area (Å²) < 4.78 is 12.6. The standard InChI is InChI=1S/C5H3FINO/c6-3-1-2-8-5(7)4(3)9/h1-2,9H. The normalized spacial score (nSPS) is 9.56.